The molecule has 2 rings (SSSR count). The maximum Gasteiger partial charge on any atom is 0.141 e. The first-order chi connectivity index (χ1) is 9.15. The Bertz CT molecular complexity index is 598. The van der Waals surface area contributed by atoms with Crippen LogP contribution in [0.25, 0.3) is 0 Å². The molecule has 7 nitrogen and oxygen atoms in total. The van der Waals surface area contributed by atoms with E-state index in [0.29, 0.717) is 0 Å². The summed E-state index contributed by atoms with van der Waals surface area (Å²) < 4.78 is 6.36. The van der Waals surface area contributed by atoms with Gasteiger partial charge in [0.1, 0.15) is 25.0 Å². The topological polar surface area (TPSA) is 92.4 Å². The second-order valence-electron chi connectivity index (χ2n) is 3.44. The molecule has 0 aliphatic carbocycles. The number of halogens is 1. The minimum atomic E-state index is -1.31. The molecular weight excluding hydrogens is 272 g/mol. The van der Waals surface area contributed by atoms with Crippen LogP contribution in [0.3, 0.4) is 0 Å². The highest BCUT2D eigenvalue weighted by Gasteiger charge is 2.02. The largest absolute Gasteiger partial charge is 0.546 e. The van der Waals surface area contributed by atoms with Gasteiger partial charge < -0.3 is 14.6 Å². The lowest BCUT2D eigenvalue weighted by Gasteiger charge is -2.08. The van der Waals surface area contributed by atoms with Crippen molar-refractivity contribution in [2.75, 3.05) is 6.61 Å². The summed E-state index contributed by atoms with van der Waals surface area (Å²) in [6.45, 7) is -0.548. The molecule has 0 fully saturated rings. The Kier molecular flexibility index (Phi) is 4.09. The molecule has 0 radical (unpaired) electrons. The van der Waals surface area contributed by atoms with E-state index >= 15 is 0 Å². The van der Waals surface area contributed by atoms with Gasteiger partial charge in [0.05, 0.1) is 17.2 Å². The number of ether oxygens (including phenoxy) is 1. The zero-order valence-electron chi connectivity index (χ0n) is 9.56. The summed E-state index contributed by atoms with van der Waals surface area (Å²) in [5.41, 5.74) is 0.722. The number of carbonyl (C=O) groups excluding carboxylic acids is 1. The third-order valence-electron chi connectivity index (χ3n) is 2.05. The Morgan fingerprint density at radius 1 is 1.47 bits per heavy atom. The van der Waals surface area contributed by atoms with Gasteiger partial charge in [0.25, 0.3) is 0 Å². The minimum absolute atomic E-state index is 0.271. The first-order valence-corrected chi connectivity index (χ1v) is 5.54. The first-order valence-electron chi connectivity index (χ1n) is 5.16. The summed E-state index contributed by atoms with van der Waals surface area (Å²) in [6.07, 6.45) is 4.43. The van der Waals surface area contributed by atoms with E-state index in [4.69, 9.17) is 16.3 Å². The second kappa shape index (κ2) is 5.96. The van der Waals surface area contributed by atoms with Gasteiger partial charge in [-0.1, -0.05) is 11.6 Å². The molecule has 19 heavy (non-hydrogen) atoms. The van der Waals surface area contributed by atoms with Crippen molar-refractivity contribution in [3.63, 3.8) is 0 Å². The van der Waals surface area contributed by atoms with Crippen LogP contribution in [0, 0.1) is 0 Å². The van der Waals surface area contributed by atoms with Crippen molar-refractivity contribution in [1.29, 1.82) is 0 Å². The van der Waals surface area contributed by atoms with Crippen molar-refractivity contribution in [2.24, 2.45) is 5.10 Å². The van der Waals surface area contributed by atoms with Crippen molar-refractivity contribution in [3.05, 3.63) is 41.4 Å². The van der Waals surface area contributed by atoms with Gasteiger partial charge in [-0.3, -0.25) is 0 Å². The maximum atomic E-state index is 10.3. The Morgan fingerprint density at radius 2 is 2.21 bits per heavy atom. The number of hydrogen-bond acceptors (Lipinski definition) is 6. The lowest BCUT2D eigenvalue weighted by molar-refractivity contribution is -0.307. The predicted octanol–water partition coefficient (Wildman–Crippen LogP) is -0.0576. The van der Waals surface area contributed by atoms with Crippen LogP contribution in [0.1, 0.15) is 5.56 Å². The monoisotopic (exact) mass is 279 g/mol. The summed E-state index contributed by atoms with van der Waals surface area (Å²) in [7, 11) is 0. The number of carboxylic acid groups (broad SMARTS) is 1. The third kappa shape index (κ3) is 3.78. The van der Waals surface area contributed by atoms with Crippen LogP contribution in [-0.2, 0) is 4.79 Å². The fraction of sp³-hybridized carbons (Fsp3) is 0.0909. The number of carbonyl (C=O) groups is 1. The summed E-state index contributed by atoms with van der Waals surface area (Å²) in [5, 5.41) is 21.8. The van der Waals surface area contributed by atoms with Gasteiger partial charge in [0.2, 0.25) is 0 Å². The molecule has 1 heterocycles. The third-order valence-corrected chi connectivity index (χ3v) is 2.34. The number of benzene rings is 1. The summed E-state index contributed by atoms with van der Waals surface area (Å²) in [4.78, 5) is 10.3. The van der Waals surface area contributed by atoms with Gasteiger partial charge in [-0.15, -0.1) is 10.2 Å². The van der Waals surface area contributed by atoms with E-state index < -0.39 is 12.6 Å². The van der Waals surface area contributed by atoms with E-state index in [1.54, 1.807) is 24.4 Å². The molecule has 0 spiro atoms. The van der Waals surface area contributed by atoms with Gasteiger partial charge in [-0.05, 0) is 23.8 Å². The SMILES string of the molecule is O=C([O-])COc1ccc(C=Nn2cnnc2)cc1Cl. The van der Waals surface area contributed by atoms with Gasteiger partial charge in [0.15, 0.2) is 0 Å². The van der Waals surface area contributed by atoms with Crippen molar-refractivity contribution >= 4 is 23.8 Å². The molecule has 0 aliphatic rings. The molecule has 0 bridgehead atoms. The summed E-state index contributed by atoms with van der Waals surface area (Å²) in [6, 6.07) is 4.84. The Morgan fingerprint density at radius 3 is 2.84 bits per heavy atom. The number of carboxylic acids is 1. The maximum absolute atomic E-state index is 10.3. The van der Waals surface area contributed by atoms with E-state index in [9.17, 15) is 9.90 Å². The molecule has 0 atom stereocenters. The number of rotatable bonds is 5. The van der Waals surface area contributed by atoms with Crippen LogP contribution in [0.5, 0.6) is 5.75 Å². The molecule has 0 aliphatic heterocycles. The lowest BCUT2D eigenvalue weighted by atomic mass is 10.2. The molecule has 8 heteroatoms. The Hall–Kier alpha value is -2.41. The zero-order chi connectivity index (χ0) is 13.7. The normalized spacial score (nSPS) is 10.8. The van der Waals surface area contributed by atoms with Gasteiger partial charge in [-0.2, -0.15) is 5.10 Å². The molecule has 0 N–H and O–H groups in total. The summed E-state index contributed by atoms with van der Waals surface area (Å²) in [5.74, 6) is -1.04. The van der Waals surface area contributed by atoms with Crippen molar-refractivity contribution in [3.8, 4) is 5.75 Å². The number of nitrogens with zero attached hydrogens (tertiary/aromatic N) is 4. The second-order valence-corrected chi connectivity index (χ2v) is 3.84. The van der Waals surface area contributed by atoms with E-state index in [-0.39, 0.29) is 10.8 Å². The van der Waals surface area contributed by atoms with Gasteiger partial charge in [-0.25, -0.2) is 4.68 Å². The quantitative estimate of drug-likeness (QED) is 0.715. The average molecular weight is 280 g/mol. The van der Waals surface area contributed by atoms with Gasteiger partial charge >= 0.3 is 0 Å². The highest BCUT2D eigenvalue weighted by atomic mass is 35.5. The van der Waals surface area contributed by atoms with Crippen LogP contribution in [0.2, 0.25) is 5.02 Å². The number of hydrogen-bond donors (Lipinski definition) is 0. The fourth-order valence-corrected chi connectivity index (χ4v) is 1.48. The van der Waals surface area contributed by atoms with E-state index in [1.165, 1.54) is 17.3 Å². The predicted molar refractivity (Wildman–Crippen MR) is 65.0 cm³/mol. The van der Waals surface area contributed by atoms with Crippen LogP contribution in [0.15, 0.2) is 36.0 Å². The molecule has 98 valence electrons. The molecule has 1 aromatic carbocycles. The van der Waals surface area contributed by atoms with Crippen molar-refractivity contribution in [2.45, 2.75) is 0 Å². The van der Waals surface area contributed by atoms with Crippen molar-refractivity contribution < 1.29 is 14.6 Å². The van der Waals surface area contributed by atoms with Gasteiger partial charge in [0, 0.05) is 0 Å². The van der Waals surface area contributed by atoms with Crippen LogP contribution in [-0.4, -0.2) is 33.7 Å². The molecule has 0 saturated heterocycles. The lowest BCUT2D eigenvalue weighted by Crippen LogP contribution is -2.28. The number of aromatic nitrogens is 3. The minimum Gasteiger partial charge on any atom is -0.546 e. The molecule has 0 saturated carbocycles. The standard InChI is InChI=1S/C11H9ClN4O3/c12-9-3-8(4-15-16-6-13-14-7-16)1-2-10(9)19-5-11(17)18/h1-4,6-7H,5H2,(H,17,18)/p-1. The zero-order valence-corrected chi connectivity index (χ0v) is 10.3. The first kappa shape index (κ1) is 13.0. The van der Waals surface area contributed by atoms with E-state index in [0.717, 1.165) is 5.56 Å². The smallest absolute Gasteiger partial charge is 0.141 e. The van der Waals surface area contributed by atoms with E-state index in [1.807, 2.05) is 0 Å². The molecule has 1 aromatic heterocycles. The number of aliphatic carboxylic acids is 1. The molecular formula is C11H8ClN4O3-. The fourth-order valence-electron chi connectivity index (χ4n) is 1.24. The highest BCUT2D eigenvalue weighted by molar-refractivity contribution is 6.32. The average Bonchev–Trinajstić information content (AvgIpc) is 2.88. The van der Waals surface area contributed by atoms with Crippen LogP contribution < -0.4 is 9.84 Å². The van der Waals surface area contributed by atoms with E-state index in [2.05, 4.69) is 15.3 Å². The summed E-state index contributed by atoms with van der Waals surface area (Å²) >= 11 is 5.94. The molecule has 0 unspecified atom stereocenters. The Labute approximate surface area is 113 Å². The van der Waals surface area contributed by atoms with Crippen molar-refractivity contribution in [1.82, 2.24) is 14.9 Å². The highest BCUT2D eigenvalue weighted by Crippen LogP contribution is 2.24. The molecule has 2 aromatic rings. The van der Waals surface area contributed by atoms with Crippen LogP contribution in [0.4, 0.5) is 0 Å². The van der Waals surface area contributed by atoms with Crippen LogP contribution >= 0.6 is 11.6 Å². The Balaban J connectivity index is 2.08. The molecule has 0 amide bonds.